The number of carbonyl (C=O) groups is 1. The number of aliphatic hydroxyl groups is 1. The van der Waals surface area contributed by atoms with Crippen LogP contribution < -0.4 is 19.5 Å². The third kappa shape index (κ3) is 5.09. The zero-order valence-electron chi connectivity index (χ0n) is 19.4. The summed E-state index contributed by atoms with van der Waals surface area (Å²) >= 11 is 0. The quantitative estimate of drug-likeness (QED) is 0.581. The fourth-order valence-electron chi connectivity index (χ4n) is 5.28. The van der Waals surface area contributed by atoms with Gasteiger partial charge in [0.1, 0.15) is 0 Å². The Morgan fingerprint density at radius 3 is 2.48 bits per heavy atom. The van der Waals surface area contributed by atoms with E-state index in [1.807, 2.05) is 12.1 Å². The lowest BCUT2D eigenvalue weighted by molar-refractivity contribution is -0.137. The number of hydrogen-bond donors (Lipinski definition) is 2. The average Bonchev–Trinajstić information content (AvgIpc) is 2.78. The molecule has 0 unspecified atom stereocenters. The maximum atomic E-state index is 12.7. The van der Waals surface area contributed by atoms with Crippen molar-refractivity contribution in [2.75, 3.05) is 41.0 Å². The number of carbonyl (C=O) groups excluding carboxylic acids is 1. The maximum Gasteiger partial charge on any atom is 0.234 e. The minimum atomic E-state index is -0.696. The second kappa shape index (κ2) is 10.6. The van der Waals surface area contributed by atoms with E-state index in [4.69, 9.17) is 14.2 Å². The molecule has 2 fully saturated rings. The van der Waals surface area contributed by atoms with Crippen molar-refractivity contribution in [1.82, 2.24) is 10.2 Å². The Balaban J connectivity index is 1.96. The van der Waals surface area contributed by atoms with Crippen molar-refractivity contribution in [3.05, 3.63) is 17.7 Å². The molecule has 7 nitrogen and oxygen atoms in total. The monoisotopic (exact) mass is 434 g/mol. The molecule has 174 valence electrons. The topological polar surface area (TPSA) is 80.3 Å². The van der Waals surface area contributed by atoms with Gasteiger partial charge in [-0.1, -0.05) is 26.2 Å². The third-order valence-corrected chi connectivity index (χ3v) is 6.90. The Morgan fingerprint density at radius 1 is 1.16 bits per heavy atom. The molecule has 1 saturated heterocycles. The summed E-state index contributed by atoms with van der Waals surface area (Å²) in [4.78, 5) is 14.9. The van der Waals surface area contributed by atoms with Crippen molar-refractivity contribution in [2.24, 2.45) is 5.92 Å². The number of rotatable bonds is 9. The molecule has 2 N–H and O–H groups in total. The average molecular weight is 435 g/mol. The Morgan fingerprint density at radius 2 is 1.87 bits per heavy atom. The summed E-state index contributed by atoms with van der Waals surface area (Å²) in [6, 6.07) is 3.84. The van der Waals surface area contributed by atoms with Gasteiger partial charge in [-0.3, -0.25) is 9.69 Å². The highest BCUT2D eigenvalue weighted by molar-refractivity contribution is 5.78. The molecule has 7 heteroatoms. The first-order chi connectivity index (χ1) is 15.0. The zero-order chi connectivity index (χ0) is 22.4. The van der Waals surface area contributed by atoms with E-state index in [1.165, 1.54) is 0 Å². The molecule has 1 heterocycles. The molecular formula is C24H38N2O5. The molecule has 0 aromatic heterocycles. The van der Waals surface area contributed by atoms with Gasteiger partial charge < -0.3 is 24.6 Å². The van der Waals surface area contributed by atoms with Crippen LogP contribution in [0.2, 0.25) is 0 Å². The number of ether oxygens (including phenoxy) is 3. The molecule has 0 radical (unpaired) electrons. The predicted molar refractivity (Wildman–Crippen MR) is 120 cm³/mol. The molecule has 0 spiro atoms. The fraction of sp³-hybridized carbons (Fsp3) is 0.708. The van der Waals surface area contributed by atoms with Crippen LogP contribution in [0, 0.1) is 5.92 Å². The van der Waals surface area contributed by atoms with Crippen molar-refractivity contribution >= 4 is 5.91 Å². The Labute approximate surface area is 186 Å². The number of likely N-dealkylation sites (tertiary alicyclic amines) is 1. The highest BCUT2D eigenvalue weighted by atomic mass is 16.5. The lowest BCUT2D eigenvalue weighted by Crippen LogP contribution is -2.56. The lowest BCUT2D eigenvalue weighted by atomic mass is 9.66. The molecule has 2 aliphatic rings. The van der Waals surface area contributed by atoms with Crippen LogP contribution in [0.4, 0.5) is 0 Å². The fourth-order valence-corrected chi connectivity index (χ4v) is 5.28. The van der Waals surface area contributed by atoms with E-state index in [0.29, 0.717) is 43.3 Å². The van der Waals surface area contributed by atoms with Gasteiger partial charge >= 0.3 is 0 Å². The van der Waals surface area contributed by atoms with Crippen LogP contribution in [0.15, 0.2) is 12.1 Å². The maximum absolute atomic E-state index is 12.7. The second-order valence-electron chi connectivity index (χ2n) is 8.78. The van der Waals surface area contributed by atoms with Crippen LogP contribution in [-0.4, -0.2) is 62.5 Å². The Kier molecular flexibility index (Phi) is 8.06. The van der Waals surface area contributed by atoms with Gasteiger partial charge in [0.05, 0.1) is 33.5 Å². The number of amides is 1. The van der Waals surface area contributed by atoms with Gasteiger partial charge in [0.15, 0.2) is 11.5 Å². The molecular weight excluding hydrogens is 396 g/mol. The summed E-state index contributed by atoms with van der Waals surface area (Å²) in [5, 5.41) is 14.5. The minimum Gasteiger partial charge on any atom is -0.493 e. The number of fused-ring (bicyclic) bond motifs is 1. The van der Waals surface area contributed by atoms with Crippen LogP contribution in [0.3, 0.4) is 0 Å². The minimum absolute atomic E-state index is 0.0344. The van der Waals surface area contributed by atoms with E-state index in [0.717, 1.165) is 44.1 Å². The summed E-state index contributed by atoms with van der Waals surface area (Å²) in [6.07, 6.45) is 6.61. The van der Waals surface area contributed by atoms with Crippen LogP contribution in [0.1, 0.15) is 63.5 Å². The molecule has 3 atom stereocenters. The number of piperidine rings is 1. The van der Waals surface area contributed by atoms with Crippen molar-refractivity contribution < 1.29 is 24.1 Å². The molecule has 1 aliphatic heterocycles. The number of hydrogen-bond acceptors (Lipinski definition) is 6. The summed E-state index contributed by atoms with van der Waals surface area (Å²) in [6.45, 7) is 3.81. The first-order valence-electron chi connectivity index (χ1n) is 11.5. The van der Waals surface area contributed by atoms with Gasteiger partial charge in [0, 0.05) is 25.0 Å². The molecule has 0 bridgehead atoms. The number of methoxy groups -OCH3 is 3. The van der Waals surface area contributed by atoms with Crippen molar-refractivity contribution in [2.45, 2.75) is 63.5 Å². The van der Waals surface area contributed by atoms with E-state index < -0.39 is 5.60 Å². The zero-order valence-corrected chi connectivity index (χ0v) is 19.4. The summed E-state index contributed by atoms with van der Waals surface area (Å²) in [7, 11) is 4.81. The smallest absolute Gasteiger partial charge is 0.234 e. The van der Waals surface area contributed by atoms with E-state index >= 15 is 0 Å². The van der Waals surface area contributed by atoms with Crippen molar-refractivity contribution in [3.63, 3.8) is 0 Å². The molecule has 1 aromatic carbocycles. The van der Waals surface area contributed by atoms with Gasteiger partial charge in [-0.15, -0.1) is 0 Å². The Bertz CT molecular complexity index is 730. The largest absolute Gasteiger partial charge is 0.493 e. The molecule has 1 aliphatic carbocycles. The SMILES string of the molecule is CCCCNC(=O)CN1CC[C@]2(O)CCCC[C@H]2[C@@H]1c1cc(OC)c(OC)c(OC)c1. The molecule has 1 amide bonds. The van der Waals surface area contributed by atoms with Crippen LogP contribution in [0.25, 0.3) is 0 Å². The number of nitrogens with one attached hydrogen (secondary N) is 1. The molecule has 1 saturated carbocycles. The molecule has 31 heavy (non-hydrogen) atoms. The van der Waals surface area contributed by atoms with Gasteiger partial charge in [0.2, 0.25) is 11.7 Å². The van der Waals surface area contributed by atoms with E-state index in [9.17, 15) is 9.90 Å². The van der Waals surface area contributed by atoms with Gasteiger partial charge in [-0.2, -0.15) is 0 Å². The summed E-state index contributed by atoms with van der Waals surface area (Å²) in [5.41, 5.74) is 0.291. The van der Waals surface area contributed by atoms with E-state index in [1.54, 1.807) is 21.3 Å². The highest BCUT2D eigenvalue weighted by Crippen LogP contribution is 2.51. The normalized spacial score (nSPS) is 26.1. The Hall–Kier alpha value is -1.99. The van der Waals surface area contributed by atoms with Gasteiger partial charge in [0.25, 0.3) is 0 Å². The van der Waals surface area contributed by atoms with E-state index in [-0.39, 0.29) is 17.9 Å². The standard InChI is InChI=1S/C24H38N2O5/c1-5-6-12-25-21(27)16-26-13-11-24(28)10-8-7-9-18(24)22(26)17-14-19(29-2)23(31-4)20(15-17)30-3/h14-15,18,22,28H,5-13,16H2,1-4H3,(H,25,27)/t18-,22-,24+/m0/s1. The molecule has 3 rings (SSSR count). The van der Waals surface area contributed by atoms with Crippen molar-refractivity contribution in [1.29, 1.82) is 0 Å². The van der Waals surface area contributed by atoms with Gasteiger partial charge in [-0.05, 0) is 43.4 Å². The number of unbranched alkanes of at least 4 members (excludes halogenated alkanes) is 1. The van der Waals surface area contributed by atoms with E-state index in [2.05, 4.69) is 17.1 Å². The second-order valence-corrected chi connectivity index (χ2v) is 8.78. The van der Waals surface area contributed by atoms with Crippen LogP contribution in [0.5, 0.6) is 17.2 Å². The lowest BCUT2D eigenvalue weighted by Gasteiger charge is -2.52. The number of nitrogens with zero attached hydrogens (tertiary/aromatic N) is 1. The summed E-state index contributed by atoms with van der Waals surface area (Å²) < 4.78 is 16.7. The highest BCUT2D eigenvalue weighted by Gasteiger charge is 2.49. The first kappa shape index (κ1) is 23.7. The van der Waals surface area contributed by atoms with Gasteiger partial charge in [-0.25, -0.2) is 0 Å². The summed E-state index contributed by atoms with van der Waals surface area (Å²) in [5.74, 6) is 1.82. The van der Waals surface area contributed by atoms with Crippen LogP contribution >= 0.6 is 0 Å². The third-order valence-electron chi connectivity index (χ3n) is 6.90. The molecule has 1 aromatic rings. The first-order valence-corrected chi connectivity index (χ1v) is 11.5. The van der Waals surface area contributed by atoms with Crippen LogP contribution in [-0.2, 0) is 4.79 Å². The van der Waals surface area contributed by atoms with Crippen molar-refractivity contribution in [3.8, 4) is 17.2 Å². The predicted octanol–water partition coefficient (Wildman–Crippen LogP) is 3.30. The number of benzene rings is 1.